The van der Waals surface area contributed by atoms with Crippen LogP contribution in [-0.2, 0) is 0 Å². The van der Waals surface area contributed by atoms with E-state index in [1.807, 2.05) is 30.1 Å². The molecule has 3 rings (SSSR count). The lowest BCUT2D eigenvalue weighted by Gasteiger charge is -2.32. The second-order valence-electron chi connectivity index (χ2n) is 5.59. The van der Waals surface area contributed by atoms with Crippen molar-refractivity contribution in [1.29, 1.82) is 0 Å². The molecule has 7 heteroatoms. The average molecular weight is 401 g/mol. The van der Waals surface area contributed by atoms with Gasteiger partial charge in [-0.3, -0.25) is 9.59 Å². The van der Waals surface area contributed by atoms with Crippen LogP contribution in [-0.4, -0.2) is 42.0 Å². The molecule has 0 radical (unpaired) electrons. The Morgan fingerprint density at radius 1 is 1.43 bits per heavy atom. The zero-order chi connectivity index (χ0) is 15.7. The van der Waals surface area contributed by atoms with Crippen molar-refractivity contribution in [1.82, 2.24) is 15.2 Å². The first-order valence-corrected chi connectivity index (χ1v) is 8.17. The van der Waals surface area contributed by atoms with Crippen molar-refractivity contribution in [2.75, 3.05) is 20.1 Å². The minimum absolute atomic E-state index is 0. The summed E-state index contributed by atoms with van der Waals surface area (Å²) in [5.74, 6) is -0.0749. The molecule has 1 fully saturated rings. The molecule has 2 heterocycles. The molecule has 0 saturated carbocycles. The summed E-state index contributed by atoms with van der Waals surface area (Å²) in [5.41, 5.74) is 0.877. The fourth-order valence-electron chi connectivity index (χ4n) is 2.99. The lowest BCUT2D eigenvalue weighted by Crippen LogP contribution is -2.47. The SMILES string of the molecule is CNC1CCCN(C(=O)c2cc(=O)[nH]c3c(Br)cccc23)C1.Cl. The number of nitrogens with zero attached hydrogens (tertiary/aromatic N) is 1. The fraction of sp³-hybridized carbons (Fsp3) is 0.375. The number of piperidine rings is 1. The summed E-state index contributed by atoms with van der Waals surface area (Å²) >= 11 is 3.43. The standard InChI is InChI=1S/C16H18BrN3O2.ClH/c1-18-10-4-3-7-20(9-10)16(22)12-8-14(21)19-15-11(12)5-2-6-13(15)17;/h2,5-6,8,10,18H,3-4,7,9H2,1H3,(H,19,21);1H. The van der Waals surface area contributed by atoms with Gasteiger partial charge in [0.25, 0.3) is 5.91 Å². The van der Waals surface area contributed by atoms with Crippen molar-refractivity contribution < 1.29 is 4.79 Å². The molecule has 2 aromatic rings. The van der Waals surface area contributed by atoms with Gasteiger partial charge in [-0.1, -0.05) is 12.1 Å². The summed E-state index contributed by atoms with van der Waals surface area (Å²) in [6, 6.07) is 7.30. The molecular formula is C16H19BrClN3O2. The van der Waals surface area contributed by atoms with Crippen LogP contribution in [0.1, 0.15) is 23.2 Å². The molecular weight excluding hydrogens is 382 g/mol. The number of hydrogen-bond acceptors (Lipinski definition) is 3. The highest BCUT2D eigenvalue weighted by Crippen LogP contribution is 2.24. The van der Waals surface area contributed by atoms with Crippen molar-refractivity contribution in [3.63, 3.8) is 0 Å². The maximum absolute atomic E-state index is 12.9. The van der Waals surface area contributed by atoms with Crippen LogP contribution >= 0.6 is 28.3 Å². The third kappa shape index (κ3) is 3.59. The summed E-state index contributed by atoms with van der Waals surface area (Å²) in [7, 11) is 1.92. The molecule has 1 aromatic heterocycles. The molecule has 1 aliphatic heterocycles. The first kappa shape index (κ1) is 18.0. The van der Waals surface area contributed by atoms with Gasteiger partial charge >= 0.3 is 0 Å². The van der Waals surface area contributed by atoms with E-state index in [1.54, 1.807) is 0 Å². The van der Waals surface area contributed by atoms with Crippen LogP contribution in [0.2, 0.25) is 0 Å². The third-order valence-corrected chi connectivity index (χ3v) is 4.84. The van der Waals surface area contributed by atoms with Crippen molar-refractivity contribution >= 4 is 45.1 Å². The van der Waals surface area contributed by atoms with Gasteiger partial charge in [0.15, 0.2) is 0 Å². The number of carbonyl (C=O) groups excluding carboxylic acids is 1. The molecule has 5 nitrogen and oxygen atoms in total. The van der Waals surface area contributed by atoms with Gasteiger partial charge in [0, 0.05) is 35.1 Å². The van der Waals surface area contributed by atoms with Crippen LogP contribution in [0.5, 0.6) is 0 Å². The van der Waals surface area contributed by atoms with Crippen molar-refractivity contribution in [3.8, 4) is 0 Å². The van der Waals surface area contributed by atoms with Crippen LogP contribution in [0.4, 0.5) is 0 Å². The number of carbonyl (C=O) groups is 1. The average Bonchev–Trinajstić information content (AvgIpc) is 2.54. The molecule has 1 unspecified atom stereocenters. The Labute approximate surface area is 149 Å². The van der Waals surface area contributed by atoms with Gasteiger partial charge in [0.2, 0.25) is 5.56 Å². The molecule has 1 atom stereocenters. The van der Waals surface area contributed by atoms with Crippen molar-refractivity contribution in [2.24, 2.45) is 0 Å². The Hall–Kier alpha value is -1.37. The first-order chi connectivity index (χ1) is 10.6. The van der Waals surface area contributed by atoms with Gasteiger partial charge < -0.3 is 15.2 Å². The van der Waals surface area contributed by atoms with E-state index in [2.05, 4.69) is 26.2 Å². The van der Waals surface area contributed by atoms with Crippen molar-refractivity contribution in [2.45, 2.75) is 18.9 Å². The lowest BCUT2D eigenvalue weighted by molar-refractivity contribution is 0.0700. The lowest BCUT2D eigenvalue weighted by atomic mass is 10.0. The topological polar surface area (TPSA) is 65.2 Å². The number of H-pyrrole nitrogens is 1. The number of halogens is 2. The Balaban J connectivity index is 0.00000192. The van der Waals surface area contributed by atoms with E-state index in [4.69, 9.17) is 0 Å². The normalized spacial score (nSPS) is 17.8. The number of para-hydroxylation sites is 1. The largest absolute Gasteiger partial charge is 0.337 e. The zero-order valence-electron chi connectivity index (χ0n) is 12.8. The Bertz CT molecular complexity index is 777. The van der Waals surface area contributed by atoms with Gasteiger partial charge in [-0.05, 0) is 41.9 Å². The maximum atomic E-state index is 12.9. The number of likely N-dealkylation sites (tertiary alicyclic amines) is 1. The number of pyridine rings is 1. The van der Waals surface area contributed by atoms with E-state index in [1.165, 1.54) is 6.07 Å². The fourth-order valence-corrected chi connectivity index (χ4v) is 3.45. The molecule has 0 bridgehead atoms. The quantitative estimate of drug-likeness (QED) is 0.814. The molecule has 1 amide bonds. The van der Waals surface area contributed by atoms with Gasteiger partial charge in [-0.25, -0.2) is 0 Å². The van der Waals surface area contributed by atoms with E-state index in [0.29, 0.717) is 23.7 Å². The first-order valence-electron chi connectivity index (χ1n) is 7.38. The number of aromatic amines is 1. The summed E-state index contributed by atoms with van der Waals surface area (Å²) < 4.78 is 0.781. The summed E-state index contributed by atoms with van der Waals surface area (Å²) in [6.07, 6.45) is 2.05. The second kappa shape index (κ2) is 7.47. The van der Waals surface area contributed by atoms with Crippen LogP contribution in [0, 0.1) is 0 Å². The maximum Gasteiger partial charge on any atom is 0.254 e. The number of nitrogens with one attached hydrogen (secondary N) is 2. The monoisotopic (exact) mass is 399 g/mol. The molecule has 124 valence electrons. The molecule has 23 heavy (non-hydrogen) atoms. The highest BCUT2D eigenvalue weighted by Gasteiger charge is 2.25. The molecule has 1 aliphatic rings. The number of fused-ring (bicyclic) bond motifs is 1. The molecule has 0 aliphatic carbocycles. The molecule has 2 N–H and O–H groups in total. The van der Waals surface area contributed by atoms with Gasteiger partial charge in [-0.15, -0.1) is 12.4 Å². The number of benzene rings is 1. The van der Waals surface area contributed by atoms with E-state index in [9.17, 15) is 9.59 Å². The Kier molecular flexibility index (Phi) is 5.84. The van der Waals surface area contributed by atoms with Crippen LogP contribution < -0.4 is 10.9 Å². The van der Waals surface area contributed by atoms with Crippen LogP contribution in [0.25, 0.3) is 10.9 Å². The number of amides is 1. The van der Waals surface area contributed by atoms with Gasteiger partial charge in [0.05, 0.1) is 11.1 Å². The molecule has 0 spiro atoms. The van der Waals surface area contributed by atoms with E-state index >= 15 is 0 Å². The van der Waals surface area contributed by atoms with Gasteiger partial charge in [-0.2, -0.15) is 0 Å². The number of likely N-dealkylation sites (N-methyl/N-ethyl adjacent to an activating group) is 1. The summed E-state index contributed by atoms with van der Waals surface area (Å²) in [4.78, 5) is 29.4. The highest BCUT2D eigenvalue weighted by atomic mass is 79.9. The minimum Gasteiger partial charge on any atom is -0.337 e. The highest BCUT2D eigenvalue weighted by molar-refractivity contribution is 9.10. The Morgan fingerprint density at radius 2 is 2.22 bits per heavy atom. The minimum atomic E-state index is -0.259. The number of rotatable bonds is 2. The predicted molar refractivity (Wildman–Crippen MR) is 97.5 cm³/mol. The summed E-state index contributed by atoms with van der Waals surface area (Å²) in [5, 5.41) is 4.00. The summed E-state index contributed by atoms with van der Waals surface area (Å²) in [6.45, 7) is 1.41. The van der Waals surface area contributed by atoms with Crippen LogP contribution in [0.3, 0.4) is 0 Å². The predicted octanol–water partition coefficient (Wildman–Crippen LogP) is 2.54. The third-order valence-electron chi connectivity index (χ3n) is 4.17. The van der Waals surface area contributed by atoms with Gasteiger partial charge in [0.1, 0.15) is 0 Å². The zero-order valence-corrected chi connectivity index (χ0v) is 15.2. The van der Waals surface area contributed by atoms with Crippen molar-refractivity contribution in [3.05, 3.63) is 44.7 Å². The Morgan fingerprint density at radius 3 is 2.96 bits per heavy atom. The smallest absolute Gasteiger partial charge is 0.254 e. The second-order valence-corrected chi connectivity index (χ2v) is 6.44. The van der Waals surface area contributed by atoms with Crippen LogP contribution in [0.15, 0.2) is 33.5 Å². The number of aromatic nitrogens is 1. The van der Waals surface area contributed by atoms with E-state index < -0.39 is 0 Å². The van der Waals surface area contributed by atoms with E-state index in [-0.39, 0.29) is 23.9 Å². The molecule has 1 saturated heterocycles. The molecule has 1 aromatic carbocycles. The number of hydrogen-bond donors (Lipinski definition) is 2. The van der Waals surface area contributed by atoms with E-state index in [0.717, 1.165) is 29.2 Å².